The number of anilines is 2. The van der Waals surface area contributed by atoms with Crippen LogP contribution >= 0.6 is 23.6 Å². The Kier molecular flexibility index (Phi) is 9.15. The van der Waals surface area contributed by atoms with Crippen LogP contribution in [0.3, 0.4) is 0 Å². The number of ether oxygens (including phenoxy) is 2. The summed E-state index contributed by atoms with van der Waals surface area (Å²) in [5.41, 5.74) is 1.87. The molecule has 1 amide bonds. The van der Waals surface area contributed by atoms with E-state index in [0.29, 0.717) is 33.3 Å². The molecule has 0 aliphatic carbocycles. The molecule has 0 aliphatic heterocycles. The summed E-state index contributed by atoms with van der Waals surface area (Å²) in [6, 6.07) is 6.68. The summed E-state index contributed by atoms with van der Waals surface area (Å²) in [5, 5.41) is 6.61. The predicted octanol–water partition coefficient (Wildman–Crippen LogP) is 4.31. The molecule has 0 saturated carbocycles. The molecule has 0 bridgehead atoms. The highest BCUT2D eigenvalue weighted by Gasteiger charge is 2.26. The van der Waals surface area contributed by atoms with Gasteiger partial charge in [-0.25, -0.2) is 9.59 Å². The van der Waals surface area contributed by atoms with Crippen LogP contribution in [-0.2, 0) is 9.47 Å². The molecule has 1 heterocycles. The molecule has 2 aromatic rings. The Morgan fingerprint density at radius 1 is 1.09 bits per heavy atom. The first-order valence-corrected chi connectivity index (χ1v) is 11.2. The number of hydrogen-bond donors (Lipinski definition) is 2. The minimum absolute atomic E-state index is 0.217. The number of rotatable bonds is 8. The molecule has 10 heteroatoms. The smallest absolute Gasteiger partial charge is 0.341 e. The zero-order valence-electron chi connectivity index (χ0n) is 18.7. The zero-order valence-corrected chi connectivity index (χ0v) is 20.4. The van der Waals surface area contributed by atoms with E-state index in [1.807, 2.05) is 6.92 Å². The van der Waals surface area contributed by atoms with Crippen molar-refractivity contribution in [1.82, 2.24) is 4.90 Å². The summed E-state index contributed by atoms with van der Waals surface area (Å²) < 4.78 is 10.1. The molecule has 0 fully saturated rings. The number of carbonyl (C=O) groups excluding carboxylic acids is 3. The van der Waals surface area contributed by atoms with Gasteiger partial charge in [-0.3, -0.25) is 4.79 Å². The lowest BCUT2D eigenvalue weighted by Gasteiger charge is -2.11. The summed E-state index contributed by atoms with van der Waals surface area (Å²) >= 11 is 6.50. The number of nitrogens with one attached hydrogen (secondary N) is 2. The summed E-state index contributed by atoms with van der Waals surface area (Å²) in [4.78, 5) is 38.6. The number of thiophene rings is 1. The van der Waals surface area contributed by atoms with E-state index in [-0.39, 0.29) is 22.6 Å². The fourth-order valence-electron chi connectivity index (χ4n) is 2.70. The second kappa shape index (κ2) is 11.6. The van der Waals surface area contributed by atoms with Crippen LogP contribution in [0.1, 0.15) is 55.7 Å². The van der Waals surface area contributed by atoms with Crippen molar-refractivity contribution >= 4 is 57.2 Å². The van der Waals surface area contributed by atoms with Crippen LogP contribution in [0.4, 0.5) is 10.7 Å². The molecule has 8 nitrogen and oxygen atoms in total. The normalized spacial score (nSPS) is 10.3. The van der Waals surface area contributed by atoms with Gasteiger partial charge in [0.2, 0.25) is 0 Å². The number of benzene rings is 1. The molecule has 0 unspecified atom stereocenters. The number of amides is 1. The minimum atomic E-state index is -0.562. The molecule has 0 radical (unpaired) electrons. The minimum Gasteiger partial charge on any atom is -0.465 e. The fraction of sp³-hybridized carbons (Fsp3) is 0.364. The van der Waals surface area contributed by atoms with E-state index in [4.69, 9.17) is 21.7 Å². The summed E-state index contributed by atoms with van der Waals surface area (Å²) in [6.45, 7) is 4.11. The molecule has 32 heavy (non-hydrogen) atoms. The third-order valence-corrected chi connectivity index (χ3v) is 5.87. The van der Waals surface area contributed by atoms with Crippen LogP contribution < -0.4 is 10.6 Å². The van der Waals surface area contributed by atoms with Gasteiger partial charge in [-0.1, -0.05) is 13.3 Å². The van der Waals surface area contributed by atoms with Crippen molar-refractivity contribution in [1.29, 1.82) is 0 Å². The van der Waals surface area contributed by atoms with E-state index in [2.05, 4.69) is 10.6 Å². The predicted molar refractivity (Wildman–Crippen MR) is 130 cm³/mol. The lowest BCUT2D eigenvalue weighted by atomic mass is 10.1. The first kappa shape index (κ1) is 25.3. The van der Waals surface area contributed by atoms with Crippen molar-refractivity contribution < 1.29 is 23.9 Å². The molecule has 1 aromatic heterocycles. The molecule has 0 saturated heterocycles. The van der Waals surface area contributed by atoms with E-state index < -0.39 is 5.97 Å². The van der Waals surface area contributed by atoms with Gasteiger partial charge in [0.15, 0.2) is 5.11 Å². The van der Waals surface area contributed by atoms with Gasteiger partial charge in [0.1, 0.15) is 5.00 Å². The van der Waals surface area contributed by atoms with Gasteiger partial charge >= 0.3 is 11.9 Å². The van der Waals surface area contributed by atoms with E-state index >= 15 is 0 Å². The molecule has 0 spiro atoms. The molecule has 1 aromatic carbocycles. The zero-order chi connectivity index (χ0) is 23.8. The topological polar surface area (TPSA) is 97.0 Å². The van der Waals surface area contributed by atoms with Crippen molar-refractivity contribution in [2.75, 3.05) is 38.4 Å². The maximum Gasteiger partial charge on any atom is 0.341 e. The lowest BCUT2D eigenvalue weighted by molar-refractivity contribution is 0.0499. The molecule has 172 valence electrons. The van der Waals surface area contributed by atoms with E-state index in [1.165, 1.54) is 12.0 Å². The first-order chi connectivity index (χ1) is 15.2. The van der Waals surface area contributed by atoms with Crippen LogP contribution in [0.25, 0.3) is 0 Å². The number of methoxy groups -OCH3 is 1. The number of hydrogen-bond acceptors (Lipinski definition) is 7. The maximum absolute atomic E-state index is 12.5. The van der Waals surface area contributed by atoms with Crippen molar-refractivity contribution in [2.45, 2.75) is 26.7 Å². The first-order valence-electron chi connectivity index (χ1n) is 9.98. The summed E-state index contributed by atoms with van der Waals surface area (Å²) in [6.07, 6.45) is 1.77. The van der Waals surface area contributed by atoms with Crippen molar-refractivity contribution in [2.24, 2.45) is 0 Å². The third-order valence-electron chi connectivity index (χ3n) is 4.47. The number of nitrogens with zero attached hydrogens (tertiary/aromatic N) is 1. The Bertz CT molecular complexity index is 1000. The van der Waals surface area contributed by atoms with Crippen LogP contribution in [-0.4, -0.2) is 55.7 Å². The van der Waals surface area contributed by atoms with Crippen LogP contribution in [0.2, 0.25) is 0 Å². The quantitative estimate of drug-likeness (QED) is 0.330. The van der Waals surface area contributed by atoms with E-state index in [1.54, 1.807) is 45.3 Å². The Labute approximate surface area is 196 Å². The maximum atomic E-state index is 12.5. The SMILES string of the molecule is CCCCOC(=O)c1ccc(NC(=S)Nc2sc(C(=O)N(C)C)c(C)c2C(=O)OC)cc1. The molecular formula is C22H27N3O5S2. The van der Waals surface area contributed by atoms with Gasteiger partial charge in [0, 0.05) is 19.8 Å². The third kappa shape index (κ3) is 6.27. The van der Waals surface area contributed by atoms with Crippen molar-refractivity contribution in [3.63, 3.8) is 0 Å². The Morgan fingerprint density at radius 2 is 1.75 bits per heavy atom. The van der Waals surface area contributed by atoms with Gasteiger partial charge in [-0.15, -0.1) is 11.3 Å². The molecule has 0 atom stereocenters. The second-order valence-corrected chi connectivity index (χ2v) is 8.53. The lowest BCUT2D eigenvalue weighted by Crippen LogP contribution is -2.21. The van der Waals surface area contributed by atoms with Crippen LogP contribution in [0, 0.1) is 6.92 Å². The Balaban J connectivity index is 2.14. The monoisotopic (exact) mass is 477 g/mol. The molecule has 2 N–H and O–H groups in total. The van der Waals surface area contributed by atoms with Crippen molar-refractivity contribution in [3.05, 3.63) is 45.8 Å². The number of esters is 2. The number of thiocarbonyl (C=S) groups is 1. The van der Waals surface area contributed by atoms with Gasteiger partial charge in [-0.2, -0.15) is 0 Å². The van der Waals surface area contributed by atoms with Crippen LogP contribution in [0.5, 0.6) is 0 Å². The second-order valence-electron chi connectivity index (χ2n) is 7.10. The Morgan fingerprint density at radius 3 is 2.31 bits per heavy atom. The summed E-state index contributed by atoms with van der Waals surface area (Å²) in [5.74, 6) is -1.15. The largest absolute Gasteiger partial charge is 0.465 e. The van der Waals surface area contributed by atoms with Gasteiger partial charge in [0.05, 0.1) is 29.7 Å². The standard InChI is InChI=1S/C22H27N3O5S2/c1-6-7-12-30-20(27)14-8-10-15(11-9-14)23-22(31)24-18-16(21(28)29-5)13(2)17(32-18)19(26)25(3)4/h8-11H,6-7,12H2,1-5H3,(H2,23,24,31). The van der Waals surface area contributed by atoms with Crippen molar-refractivity contribution in [3.8, 4) is 0 Å². The molecular weight excluding hydrogens is 450 g/mol. The molecule has 2 rings (SSSR count). The highest BCUT2D eigenvalue weighted by atomic mass is 32.1. The van der Waals surface area contributed by atoms with Gasteiger partial charge in [-0.05, 0) is 55.4 Å². The fourth-order valence-corrected chi connectivity index (χ4v) is 4.21. The van der Waals surface area contributed by atoms with Gasteiger partial charge < -0.3 is 25.0 Å². The number of carbonyl (C=O) groups is 3. The van der Waals surface area contributed by atoms with Crippen LogP contribution in [0.15, 0.2) is 24.3 Å². The van der Waals surface area contributed by atoms with E-state index in [0.717, 1.165) is 24.2 Å². The summed E-state index contributed by atoms with van der Waals surface area (Å²) in [7, 11) is 4.56. The number of unbranched alkanes of at least 4 members (excludes halogenated alkanes) is 1. The average molecular weight is 478 g/mol. The average Bonchev–Trinajstić information content (AvgIpc) is 3.08. The molecule has 0 aliphatic rings. The van der Waals surface area contributed by atoms with E-state index in [9.17, 15) is 14.4 Å². The highest BCUT2D eigenvalue weighted by Crippen LogP contribution is 2.34. The Hall–Kier alpha value is -2.98. The highest BCUT2D eigenvalue weighted by molar-refractivity contribution is 7.80. The van der Waals surface area contributed by atoms with Gasteiger partial charge in [0.25, 0.3) is 5.91 Å².